The number of fused-ring (bicyclic) bond motifs is 2. The van der Waals surface area contributed by atoms with Gasteiger partial charge in [-0.1, -0.05) is 24.3 Å². The van der Waals surface area contributed by atoms with Crippen LogP contribution in [0.1, 0.15) is 43.0 Å². The number of phenols is 1. The van der Waals surface area contributed by atoms with Gasteiger partial charge in [-0.3, -0.25) is 4.90 Å². The van der Waals surface area contributed by atoms with E-state index in [4.69, 9.17) is 16.2 Å². The van der Waals surface area contributed by atoms with Crippen LogP contribution in [0, 0.1) is 23.0 Å². The van der Waals surface area contributed by atoms with E-state index in [0.29, 0.717) is 29.9 Å². The molecule has 1 fully saturated rings. The molecule has 0 aliphatic carbocycles. The van der Waals surface area contributed by atoms with Crippen LogP contribution in [0.4, 0.5) is 38.6 Å². The van der Waals surface area contributed by atoms with E-state index in [1.807, 2.05) is 11.9 Å². The lowest BCUT2D eigenvalue weighted by Crippen LogP contribution is -2.39. The number of nitrogen functional groups attached to an aromatic ring is 2. The Balaban J connectivity index is 1.66. The standard InChI is InChI=1S/C33H29F5N8O2S/c1-13-9-11-46(4)26(13)15(3)48-32-44-25-22(31(45-32)43-14(2)16-6-5-10-42-29(16)40)27(47)23(33(36,37)38)21(24(25)35)17-7-8-19(34)28-20(17)18(12-39)30(41)49-28/h5-8,10,14-15,26,47H,1,9,11,41H2,2-4H3,(H2,40,42)(H,43,44,45)/t14-,15+,26+/m1/s1. The fourth-order valence-electron chi connectivity index (χ4n) is 6.41. The number of ether oxygens (including phenoxy) is 1. The van der Waals surface area contributed by atoms with Gasteiger partial charge < -0.3 is 26.6 Å². The van der Waals surface area contributed by atoms with Crippen molar-refractivity contribution in [3.8, 4) is 29.0 Å². The maximum atomic E-state index is 17.0. The third-order valence-corrected chi connectivity index (χ3v) is 9.66. The van der Waals surface area contributed by atoms with E-state index < -0.39 is 75.1 Å². The molecule has 3 aromatic heterocycles. The molecule has 0 amide bonds. The fraction of sp³-hybridized carbons (Fsp3) is 0.273. The van der Waals surface area contributed by atoms with E-state index in [1.54, 1.807) is 32.0 Å². The Kier molecular flexibility index (Phi) is 8.45. The predicted octanol–water partition coefficient (Wildman–Crippen LogP) is 7.15. The van der Waals surface area contributed by atoms with Gasteiger partial charge in [-0.2, -0.15) is 28.4 Å². The van der Waals surface area contributed by atoms with Gasteiger partial charge in [-0.25, -0.2) is 13.8 Å². The first kappa shape index (κ1) is 33.6. The van der Waals surface area contributed by atoms with Crippen molar-refractivity contribution in [3.05, 3.63) is 70.9 Å². The number of halogens is 5. The summed E-state index contributed by atoms with van der Waals surface area (Å²) >= 11 is 0.628. The molecule has 49 heavy (non-hydrogen) atoms. The lowest BCUT2D eigenvalue weighted by Gasteiger charge is -2.27. The minimum Gasteiger partial charge on any atom is -0.506 e. The van der Waals surface area contributed by atoms with Crippen LogP contribution in [0.25, 0.3) is 32.1 Å². The third-order valence-electron chi connectivity index (χ3n) is 8.63. The predicted molar refractivity (Wildman–Crippen MR) is 177 cm³/mol. The molecule has 0 unspecified atom stereocenters. The Labute approximate surface area is 280 Å². The number of likely N-dealkylation sites (N-methyl/N-ethyl adjacent to an activating group) is 1. The molecule has 1 saturated heterocycles. The number of alkyl halides is 3. The van der Waals surface area contributed by atoms with Gasteiger partial charge >= 0.3 is 12.2 Å². The average molecular weight is 697 g/mol. The number of pyridine rings is 1. The first-order valence-electron chi connectivity index (χ1n) is 14.9. The molecule has 10 nitrogen and oxygen atoms in total. The van der Waals surface area contributed by atoms with Gasteiger partial charge in [-0.15, -0.1) is 11.3 Å². The highest BCUT2D eigenvalue weighted by Gasteiger charge is 2.42. The number of nitrogens with one attached hydrogen (secondary N) is 1. The van der Waals surface area contributed by atoms with Crippen molar-refractivity contribution in [2.24, 2.45) is 0 Å². The van der Waals surface area contributed by atoms with Crippen LogP contribution < -0.4 is 21.5 Å². The molecule has 0 spiro atoms. The molecule has 0 bridgehead atoms. The number of rotatable bonds is 7. The van der Waals surface area contributed by atoms with Gasteiger partial charge in [0.25, 0.3) is 0 Å². The maximum Gasteiger partial charge on any atom is 0.420 e. The van der Waals surface area contributed by atoms with Crippen molar-refractivity contribution in [2.75, 3.05) is 30.4 Å². The van der Waals surface area contributed by atoms with Gasteiger partial charge in [0.15, 0.2) is 5.82 Å². The minimum atomic E-state index is -5.36. The number of likely N-dealkylation sites (tertiary alicyclic amines) is 1. The summed E-state index contributed by atoms with van der Waals surface area (Å²) < 4.78 is 82.6. The van der Waals surface area contributed by atoms with Crippen molar-refractivity contribution < 1.29 is 31.8 Å². The van der Waals surface area contributed by atoms with Gasteiger partial charge in [0.1, 0.15) is 51.5 Å². The first-order valence-corrected chi connectivity index (χ1v) is 15.7. The van der Waals surface area contributed by atoms with E-state index in [9.17, 15) is 27.9 Å². The van der Waals surface area contributed by atoms with Crippen LogP contribution in [0.2, 0.25) is 0 Å². The summed E-state index contributed by atoms with van der Waals surface area (Å²) in [5, 5.41) is 23.0. The summed E-state index contributed by atoms with van der Waals surface area (Å²) in [4.78, 5) is 14.6. The number of nitriles is 1. The number of nitrogens with zero attached hydrogens (tertiary/aromatic N) is 5. The summed E-state index contributed by atoms with van der Waals surface area (Å²) in [6.07, 6.45) is -3.83. The summed E-state index contributed by atoms with van der Waals surface area (Å²) in [6, 6.07) is 5.29. The van der Waals surface area contributed by atoms with Crippen molar-refractivity contribution in [3.63, 3.8) is 0 Å². The molecule has 16 heteroatoms. The van der Waals surface area contributed by atoms with Crippen LogP contribution in [-0.4, -0.2) is 50.7 Å². The largest absolute Gasteiger partial charge is 0.506 e. The smallest absolute Gasteiger partial charge is 0.420 e. The number of aromatic hydroxyl groups is 1. The lowest BCUT2D eigenvalue weighted by atomic mass is 9.91. The van der Waals surface area contributed by atoms with Crippen molar-refractivity contribution in [1.29, 1.82) is 5.26 Å². The molecule has 1 aliphatic heterocycles. The zero-order valence-electron chi connectivity index (χ0n) is 26.3. The molecule has 254 valence electrons. The first-order chi connectivity index (χ1) is 23.1. The highest BCUT2D eigenvalue weighted by atomic mass is 32.1. The molecule has 3 atom stereocenters. The number of anilines is 3. The quantitative estimate of drug-likeness (QED) is 0.102. The minimum absolute atomic E-state index is 0.117. The highest BCUT2D eigenvalue weighted by molar-refractivity contribution is 7.23. The Hall–Kier alpha value is -5.27. The topological polar surface area (TPSA) is 159 Å². The summed E-state index contributed by atoms with van der Waals surface area (Å²) in [7, 11) is 1.87. The fourth-order valence-corrected chi connectivity index (χ4v) is 7.36. The van der Waals surface area contributed by atoms with E-state index in [2.05, 4.69) is 26.8 Å². The number of hydrogen-bond acceptors (Lipinski definition) is 11. The Morgan fingerprint density at radius 3 is 2.55 bits per heavy atom. The Morgan fingerprint density at radius 1 is 1.18 bits per heavy atom. The van der Waals surface area contributed by atoms with Crippen molar-refractivity contribution in [2.45, 2.75) is 44.6 Å². The summed E-state index contributed by atoms with van der Waals surface area (Å²) in [5.41, 5.74) is 8.74. The second-order valence-electron chi connectivity index (χ2n) is 11.7. The van der Waals surface area contributed by atoms with E-state index >= 15 is 4.39 Å². The molecule has 6 rings (SSSR count). The van der Waals surface area contributed by atoms with Gasteiger partial charge in [-0.05, 0) is 45.0 Å². The van der Waals surface area contributed by atoms with Crippen LogP contribution in [0.5, 0.6) is 11.8 Å². The molecular weight excluding hydrogens is 667 g/mol. The number of phenolic OH excluding ortho intramolecular Hbond substituents is 1. The normalized spacial score (nSPS) is 16.6. The van der Waals surface area contributed by atoms with E-state index in [1.165, 1.54) is 6.20 Å². The number of hydrogen-bond donors (Lipinski definition) is 4. The monoisotopic (exact) mass is 696 g/mol. The number of aromatic nitrogens is 3. The molecular formula is C33H29F5N8O2S. The molecule has 0 saturated carbocycles. The van der Waals surface area contributed by atoms with Gasteiger partial charge in [0.05, 0.1) is 27.7 Å². The molecule has 6 N–H and O–H groups in total. The van der Waals surface area contributed by atoms with Crippen LogP contribution in [0.3, 0.4) is 0 Å². The Bertz CT molecular complexity index is 2200. The molecule has 1 aliphatic rings. The molecule has 2 aromatic carbocycles. The molecule has 5 aromatic rings. The van der Waals surface area contributed by atoms with E-state index in [-0.39, 0.29) is 32.5 Å². The zero-order valence-corrected chi connectivity index (χ0v) is 27.1. The van der Waals surface area contributed by atoms with Gasteiger partial charge in [0.2, 0.25) is 0 Å². The lowest BCUT2D eigenvalue weighted by molar-refractivity contribution is -0.138. The van der Waals surface area contributed by atoms with E-state index in [0.717, 1.165) is 17.7 Å². The number of nitrogens with two attached hydrogens (primary N) is 2. The molecule has 0 radical (unpaired) electrons. The van der Waals surface area contributed by atoms with Crippen LogP contribution in [-0.2, 0) is 6.18 Å². The molecule has 4 heterocycles. The third kappa shape index (κ3) is 5.68. The average Bonchev–Trinajstić information content (AvgIpc) is 3.56. The summed E-state index contributed by atoms with van der Waals surface area (Å²) in [6.45, 7) is 8.15. The highest BCUT2D eigenvalue weighted by Crippen LogP contribution is 2.52. The SMILES string of the molecule is C=C1CCN(C)[C@@H]1[C@H](C)Oc1nc(N[C@H](C)c2cccnc2N)c2c(O)c(C(F)(F)F)c(-c3ccc(F)c4sc(N)c(C#N)c34)c(F)c2n1. The summed E-state index contributed by atoms with van der Waals surface area (Å²) in [5.74, 6) is -4.09. The van der Waals surface area contributed by atoms with Crippen molar-refractivity contribution in [1.82, 2.24) is 19.9 Å². The van der Waals surface area contributed by atoms with Crippen LogP contribution in [0.15, 0.2) is 42.6 Å². The number of benzene rings is 2. The van der Waals surface area contributed by atoms with Crippen molar-refractivity contribution >= 4 is 49.0 Å². The second kappa shape index (κ2) is 12.3. The van der Waals surface area contributed by atoms with Crippen LogP contribution >= 0.6 is 11.3 Å². The van der Waals surface area contributed by atoms with Gasteiger partial charge in [0, 0.05) is 29.3 Å². The second-order valence-corrected chi connectivity index (χ2v) is 12.8. The Morgan fingerprint density at radius 2 is 1.92 bits per heavy atom. The maximum absolute atomic E-state index is 17.0. The zero-order chi connectivity index (χ0) is 35.5. The number of thiophene rings is 1.